The molecule has 6 nitrogen and oxygen atoms in total. The van der Waals surface area contributed by atoms with Crippen LogP contribution in [0.1, 0.15) is 22.3 Å². The highest BCUT2D eigenvalue weighted by molar-refractivity contribution is 6.07. The minimum Gasteiger partial charge on any atom is -0.550 e. The maximum Gasteiger partial charge on any atom is 0.185 e. The highest BCUT2D eigenvalue weighted by atomic mass is 16.5. The third-order valence-electron chi connectivity index (χ3n) is 4.17. The number of hydrogen-bond acceptors (Lipinski definition) is 5. The van der Waals surface area contributed by atoms with Crippen LogP contribution in [-0.2, 0) is 11.3 Å². The minimum atomic E-state index is -1.14. The number of carboxylic acid groups (broad SMARTS) is 1. The zero-order valence-corrected chi connectivity index (χ0v) is 15.4. The number of carboxylic acids is 1. The van der Waals surface area contributed by atoms with Crippen molar-refractivity contribution in [3.05, 3.63) is 78.0 Å². The van der Waals surface area contributed by atoms with Crippen molar-refractivity contribution in [3.63, 3.8) is 0 Å². The number of allylic oxidation sites excluding steroid dienone is 1. The number of nitrogens with zero attached hydrogens (tertiary/aromatic N) is 2. The molecule has 142 valence electrons. The minimum absolute atomic E-state index is 0.135. The number of benzene rings is 2. The highest BCUT2D eigenvalue weighted by Gasteiger charge is 2.10. The fraction of sp³-hybridized carbons (Fsp3) is 0.136. The molecule has 0 radical (unpaired) electrons. The van der Waals surface area contributed by atoms with Crippen molar-refractivity contribution in [2.75, 3.05) is 7.11 Å². The Morgan fingerprint density at radius 3 is 2.46 bits per heavy atom. The molecule has 0 aliphatic carbocycles. The molecule has 0 bridgehead atoms. The van der Waals surface area contributed by atoms with E-state index in [4.69, 9.17) is 4.74 Å². The normalized spacial score (nSPS) is 10.9. The summed E-state index contributed by atoms with van der Waals surface area (Å²) in [6.45, 7) is 0.197. The summed E-state index contributed by atoms with van der Waals surface area (Å²) in [7, 11) is 1.57. The zero-order valence-electron chi connectivity index (χ0n) is 15.4. The quantitative estimate of drug-likeness (QED) is 0.446. The van der Waals surface area contributed by atoms with Gasteiger partial charge in [-0.3, -0.25) is 9.48 Å². The Morgan fingerprint density at radius 1 is 1.11 bits per heavy atom. The van der Waals surface area contributed by atoms with Crippen LogP contribution in [-0.4, -0.2) is 28.6 Å². The number of hydrogen-bond donors (Lipinski definition) is 0. The summed E-state index contributed by atoms with van der Waals surface area (Å²) in [4.78, 5) is 23.2. The molecule has 0 atom stereocenters. The summed E-state index contributed by atoms with van der Waals surface area (Å²) in [5, 5.41) is 15.2. The molecule has 0 aliphatic heterocycles. The topological polar surface area (TPSA) is 84.2 Å². The van der Waals surface area contributed by atoms with Crippen LogP contribution in [0.15, 0.2) is 66.9 Å². The first-order chi connectivity index (χ1) is 13.6. The van der Waals surface area contributed by atoms with Gasteiger partial charge >= 0.3 is 0 Å². The van der Waals surface area contributed by atoms with Gasteiger partial charge in [-0.2, -0.15) is 5.10 Å². The summed E-state index contributed by atoms with van der Waals surface area (Å²) >= 11 is 0. The Bertz CT molecular complexity index is 989. The highest BCUT2D eigenvalue weighted by Crippen LogP contribution is 2.23. The molecule has 0 fully saturated rings. The predicted octanol–water partition coefficient (Wildman–Crippen LogP) is 2.59. The van der Waals surface area contributed by atoms with E-state index in [2.05, 4.69) is 5.10 Å². The van der Waals surface area contributed by atoms with Crippen molar-refractivity contribution in [2.45, 2.75) is 13.0 Å². The molecule has 0 unspecified atom stereocenters. The average molecular weight is 375 g/mol. The number of methoxy groups -OCH3 is 1. The average Bonchev–Trinajstić information content (AvgIpc) is 3.14. The van der Waals surface area contributed by atoms with Crippen LogP contribution in [0.2, 0.25) is 0 Å². The largest absolute Gasteiger partial charge is 0.550 e. The van der Waals surface area contributed by atoms with Crippen LogP contribution in [0.3, 0.4) is 0 Å². The second-order valence-corrected chi connectivity index (χ2v) is 6.11. The molecule has 1 aromatic heterocycles. The number of carbonyl (C=O) groups is 2. The van der Waals surface area contributed by atoms with Gasteiger partial charge in [-0.05, 0) is 36.4 Å². The molecule has 6 heteroatoms. The summed E-state index contributed by atoms with van der Waals surface area (Å²) in [5.74, 6) is -0.603. The van der Waals surface area contributed by atoms with Gasteiger partial charge in [0.05, 0.1) is 12.8 Å². The second kappa shape index (κ2) is 8.81. The Hall–Kier alpha value is -3.67. The molecule has 0 amide bonds. The lowest BCUT2D eigenvalue weighted by atomic mass is 10.1. The standard InChI is InChI=1S/C22H20N2O4/c1-28-19-10-7-16(8-11-19)20(25)12-9-18-15-24(14-13-21(26)27)23-22(18)17-5-3-2-4-6-17/h2-12,15H,13-14H2,1H3,(H,26,27)/p-1/b12-9+. The molecular formula is C22H19N2O4-. The van der Waals surface area contributed by atoms with E-state index in [1.807, 2.05) is 30.3 Å². The number of ketones is 1. The van der Waals surface area contributed by atoms with E-state index in [1.54, 1.807) is 48.3 Å². The Labute approximate surface area is 162 Å². The van der Waals surface area contributed by atoms with Gasteiger partial charge in [-0.15, -0.1) is 0 Å². The van der Waals surface area contributed by atoms with E-state index in [0.29, 0.717) is 17.0 Å². The van der Waals surface area contributed by atoms with Gasteiger partial charge in [0.25, 0.3) is 0 Å². The zero-order chi connectivity index (χ0) is 19.9. The van der Waals surface area contributed by atoms with Crippen molar-refractivity contribution >= 4 is 17.8 Å². The van der Waals surface area contributed by atoms with Crippen LogP contribution >= 0.6 is 0 Å². The first kappa shape index (κ1) is 19.1. The Morgan fingerprint density at radius 2 is 1.82 bits per heavy atom. The number of aliphatic carboxylic acids is 1. The van der Waals surface area contributed by atoms with Gasteiger partial charge in [-0.25, -0.2) is 0 Å². The molecular weight excluding hydrogens is 356 g/mol. The summed E-state index contributed by atoms with van der Waals surface area (Å²) < 4.78 is 6.65. The van der Waals surface area contributed by atoms with Gasteiger partial charge in [-0.1, -0.05) is 30.3 Å². The van der Waals surface area contributed by atoms with Crippen molar-refractivity contribution in [1.29, 1.82) is 0 Å². The SMILES string of the molecule is COc1ccc(C(=O)/C=C/c2cn(CCC(=O)[O-])nc2-c2ccccc2)cc1. The molecule has 2 aromatic carbocycles. The first-order valence-corrected chi connectivity index (χ1v) is 8.76. The van der Waals surface area contributed by atoms with Crippen molar-refractivity contribution < 1.29 is 19.4 Å². The summed E-state index contributed by atoms with van der Waals surface area (Å²) in [6.07, 6.45) is 4.76. The van der Waals surface area contributed by atoms with Crippen LogP contribution in [0.5, 0.6) is 5.75 Å². The summed E-state index contributed by atoms with van der Waals surface area (Å²) in [5.41, 5.74) is 2.83. The molecule has 3 aromatic rings. The molecule has 28 heavy (non-hydrogen) atoms. The van der Waals surface area contributed by atoms with Crippen LogP contribution in [0.4, 0.5) is 0 Å². The number of aromatic nitrogens is 2. The molecule has 0 spiro atoms. The molecule has 1 heterocycles. The molecule has 0 N–H and O–H groups in total. The van der Waals surface area contributed by atoms with Gasteiger partial charge in [0.1, 0.15) is 5.75 Å². The smallest absolute Gasteiger partial charge is 0.185 e. The van der Waals surface area contributed by atoms with E-state index in [1.165, 1.54) is 6.08 Å². The molecule has 0 saturated carbocycles. The van der Waals surface area contributed by atoms with Gasteiger partial charge in [0.15, 0.2) is 5.78 Å². The molecule has 0 saturated heterocycles. The van der Waals surface area contributed by atoms with E-state index in [9.17, 15) is 14.7 Å². The number of ether oxygens (including phenoxy) is 1. The lowest BCUT2D eigenvalue weighted by Gasteiger charge is -2.01. The van der Waals surface area contributed by atoms with E-state index in [-0.39, 0.29) is 18.7 Å². The van der Waals surface area contributed by atoms with E-state index < -0.39 is 5.97 Å². The monoisotopic (exact) mass is 375 g/mol. The Balaban J connectivity index is 1.87. The number of aryl methyl sites for hydroxylation is 1. The summed E-state index contributed by atoms with van der Waals surface area (Å²) in [6, 6.07) is 16.4. The first-order valence-electron chi connectivity index (χ1n) is 8.76. The van der Waals surface area contributed by atoms with Crippen molar-refractivity contribution in [1.82, 2.24) is 9.78 Å². The predicted molar refractivity (Wildman–Crippen MR) is 104 cm³/mol. The number of rotatable bonds is 8. The maximum absolute atomic E-state index is 12.4. The molecule has 0 aliphatic rings. The lowest BCUT2D eigenvalue weighted by molar-refractivity contribution is -0.306. The van der Waals surface area contributed by atoms with Crippen molar-refractivity contribution in [3.8, 4) is 17.0 Å². The second-order valence-electron chi connectivity index (χ2n) is 6.11. The third kappa shape index (κ3) is 4.73. The van der Waals surface area contributed by atoms with Crippen LogP contribution < -0.4 is 9.84 Å². The third-order valence-corrected chi connectivity index (χ3v) is 4.17. The van der Waals surface area contributed by atoms with Gasteiger partial charge in [0.2, 0.25) is 0 Å². The lowest BCUT2D eigenvalue weighted by Crippen LogP contribution is -2.23. The fourth-order valence-corrected chi connectivity index (χ4v) is 2.72. The van der Waals surface area contributed by atoms with Gasteiger partial charge in [0, 0.05) is 41.8 Å². The van der Waals surface area contributed by atoms with Gasteiger partial charge < -0.3 is 14.6 Å². The number of carbonyl (C=O) groups excluding carboxylic acids is 2. The van der Waals surface area contributed by atoms with Crippen LogP contribution in [0, 0.1) is 0 Å². The maximum atomic E-state index is 12.4. The van der Waals surface area contributed by atoms with E-state index >= 15 is 0 Å². The fourth-order valence-electron chi connectivity index (χ4n) is 2.72. The Kier molecular flexibility index (Phi) is 6.01. The van der Waals surface area contributed by atoms with Crippen LogP contribution in [0.25, 0.3) is 17.3 Å². The van der Waals surface area contributed by atoms with E-state index in [0.717, 1.165) is 11.1 Å². The van der Waals surface area contributed by atoms with Crippen molar-refractivity contribution in [2.24, 2.45) is 0 Å². The molecule has 3 rings (SSSR count).